The minimum atomic E-state index is -0.420. The molecule has 0 atom stereocenters. The molecule has 0 spiro atoms. The van der Waals surface area contributed by atoms with Crippen LogP contribution in [0, 0.1) is 11.6 Å². The molecule has 2 N–H and O–H groups in total. The molecule has 178 valence electrons. The van der Waals surface area contributed by atoms with Gasteiger partial charge in [-0.3, -0.25) is 9.59 Å². The molecule has 0 bridgehead atoms. The number of amides is 2. The summed E-state index contributed by atoms with van der Waals surface area (Å²) >= 11 is 1.15. The Hall–Kier alpha value is -4.18. The summed E-state index contributed by atoms with van der Waals surface area (Å²) in [5.41, 5.74) is 1.64. The summed E-state index contributed by atoms with van der Waals surface area (Å²) in [6.07, 6.45) is 1.67. The second-order valence-corrected chi connectivity index (χ2v) is 8.24. The van der Waals surface area contributed by atoms with Crippen molar-refractivity contribution >= 4 is 46.2 Å². The van der Waals surface area contributed by atoms with E-state index in [0.29, 0.717) is 38.5 Å². The molecular formula is C25H19F2N3O4S. The Bertz CT molecular complexity index is 1310. The smallest absolute Gasteiger partial charge is 0.264 e. The van der Waals surface area contributed by atoms with Crippen LogP contribution in [-0.2, 0) is 9.59 Å². The summed E-state index contributed by atoms with van der Waals surface area (Å²) in [5, 5.41) is 5.66. The van der Waals surface area contributed by atoms with Gasteiger partial charge in [-0.15, -0.1) is 0 Å². The van der Waals surface area contributed by atoms with Crippen molar-refractivity contribution in [2.24, 2.45) is 4.99 Å². The van der Waals surface area contributed by atoms with Gasteiger partial charge in [0.05, 0.1) is 17.7 Å². The molecule has 1 heterocycles. The van der Waals surface area contributed by atoms with Crippen LogP contribution in [0.1, 0.15) is 5.56 Å². The topological polar surface area (TPSA) is 89.0 Å². The second kappa shape index (κ2) is 10.8. The van der Waals surface area contributed by atoms with Gasteiger partial charge in [-0.1, -0.05) is 6.07 Å². The number of rotatable bonds is 7. The zero-order valence-electron chi connectivity index (χ0n) is 18.4. The number of halogens is 2. The average Bonchev–Trinajstić information content (AvgIpc) is 3.19. The number of amidine groups is 1. The maximum absolute atomic E-state index is 13.1. The highest BCUT2D eigenvalue weighted by Gasteiger charge is 2.24. The zero-order valence-corrected chi connectivity index (χ0v) is 19.2. The van der Waals surface area contributed by atoms with Crippen LogP contribution in [0.5, 0.6) is 11.5 Å². The van der Waals surface area contributed by atoms with Gasteiger partial charge < -0.3 is 20.1 Å². The number of carbonyl (C=O) groups excluding carboxylic acids is 2. The highest BCUT2D eigenvalue weighted by molar-refractivity contribution is 8.18. The van der Waals surface area contributed by atoms with E-state index in [2.05, 4.69) is 15.6 Å². The van der Waals surface area contributed by atoms with Crippen molar-refractivity contribution in [3.05, 3.63) is 88.8 Å². The molecule has 0 saturated carbocycles. The fourth-order valence-corrected chi connectivity index (χ4v) is 3.87. The second-order valence-electron chi connectivity index (χ2n) is 7.21. The molecule has 3 aromatic rings. The third-order valence-corrected chi connectivity index (χ3v) is 5.59. The summed E-state index contributed by atoms with van der Waals surface area (Å²) in [6.45, 7) is -0.282. The maximum atomic E-state index is 13.1. The number of anilines is 1. The number of ether oxygens (including phenoxy) is 2. The number of hydrogen-bond acceptors (Lipinski definition) is 6. The first kappa shape index (κ1) is 24.0. The number of methoxy groups -OCH3 is 1. The van der Waals surface area contributed by atoms with Crippen molar-refractivity contribution in [1.82, 2.24) is 5.32 Å². The molecule has 1 aliphatic rings. The minimum absolute atomic E-state index is 0.282. The molecule has 7 nitrogen and oxygen atoms in total. The van der Waals surface area contributed by atoms with E-state index in [0.717, 1.165) is 11.8 Å². The molecule has 1 aliphatic heterocycles. The van der Waals surface area contributed by atoms with E-state index in [-0.39, 0.29) is 18.3 Å². The minimum Gasteiger partial charge on any atom is -0.493 e. The lowest BCUT2D eigenvalue weighted by Gasteiger charge is -2.11. The van der Waals surface area contributed by atoms with Gasteiger partial charge in [-0.2, -0.15) is 0 Å². The van der Waals surface area contributed by atoms with E-state index >= 15 is 0 Å². The van der Waals surface area contributed by atoms with Crippen LogP contribution < -0.4 is 20.1 Å². The molecule has 10 heteroatoms. The van der Waals surface area contributed by atoms with Crippen LogP contribution in [0.25, 0.3) is 6.08 Å². The van der Waals surface area contributed by atoms with Gasteiger partial charge in [0.25, 0.3) is 11.8 Å². The summed E-state index contributed by atoms with van der Waals surface area (Å²) in [5.74, 6) is -0.788. The van der Waals surface area contributed by atoms with Crippen molar-refractivity contribution in [3.63, 3.8) is 0 Å². The normalized spacial score (nSPS) is 15.2. The maximum Gasteiger partial charge on any atom is 0.264 e. The Morgan fingerprint density at radius 2 is 1.71 bits per heavy atom. The number of nitrogens with zero attached hydrogens (tertiary/aromatic N) is 1. The Balaban J connectivity index is 1.41. The molecule has 1 fully saturated rings. The molecule has 3 aromatic carbocycles. The molecule has 35 heavy (non-hydrogen) atoms. The van der Waals surface area contributed by atoms with Crippen LogP contribution in [0.2, 0.25) is 0 Å². The SMILES string of the molecule is COc1cc(C=C2SC(=Nc3ccc(F)cc3)NC2=O)ccc1OCC(=O)Nc1ccc(F)cc1. The monoisotopic (exact) mass is 495 g/mol. The van der Waals surface area contributed by atoms with Gasteiger partial charge in [0.2, 0.25) is 0 Å². The Labute approximate surface area is 203 Å². The lowest BCUT2D eigenvalue weighted by molar-refractivity contribution is -0.118. The van der Waals surface area contributed by atoms with Gasteiger partial charge in [0, 0.05) is 5.69 Å². The number of nitrogens with one attached hydrogen (secondary N) is 2. The first-order valence-corrected chi connectivity index (χ1v) is 11.1. The highest BCUT2D eigenvalue weighted by Crippen LogP contribution is 2.32. The molecule has 0 unspecified atom stereocenters. The van der Waals surface area contributed by atoms with Crippen molar-refractivity contribution in [2.45, 2.75) is 0 Å². The first-order chi connectivity index (χ1) is 16.9. The molecule has 2 amide bonds. The molecule has 0 aromatic heterocycles. The largest absolute Gasteiger partial charge is 0.493 e. The number of benzene rings is 3. The van der Waals surface area contributed by atoms with Gasteiger partial charge in [-0.25, -0.2) is 13.8 Å². The Morgan fingerprint density at radius 3 is 2.40 bits per heavy atom. The Morgan fingerprint density at radius 1 is 1.03 bits per heavy atom. The fourth-order valence-electron chi connectivity index (χ4n) is 3.03. The lowest BCUT2D eigenvalue weighted by Crippen LogP contribution is -2.20. The standard InChI is InChI=1S/C25H19F2N3O4S/c1-33-21-12-15(2-11-20(21)34-14-23(31)28-18-7-3-16(26)4-8-18)13-22-24(32)30-25(35-22)29-19-9-5-17(27)6-10-19/h2-13H,14H2,1H3,(H,28,31)(H,29,30,32). The van der Waals surface area contributed by atoms with Gasteiger partial charge >= 0.3 is 0 Å². The van der Waals surface area contributed by atoms with E-state index in [1.54, 1.807) is 24.3 Å². The Kier molecular flexibility index (Phi) is 7.41. The predicted molar refractivity (Wildman–Crippen MR) is 131 cm³/mol. The summed E-state index contributed by atoms with van der Waals surface area (Å²) in [4.78, 5) is 29.2. The summed E-state index contributed by atoms with van der Waals surface area (Å²) in [6, 6.07) is 16.0. The van der Waals surface area contributed by atoms with Gasteiger partial charge in [0.1, 0.15) is 11.6 Å². The number of thioether (sulfide) groups is 1. The van der Waals surface area contributed by atoms with Crippen LogP contribution >= 0.6 is 11.8 Å². The van der Waals surface area contributed by atoms with Crippen molar-refractivity contribution in [2.75, 3.05) is 19.0 Å². The van der Waals surface area contributed by atoms with Crippen LogP contribution in [0.3, 0.4) is 0 Å². The third-order valence-electron chi connectivity index (χ3n) is 4.68. The molecule has 0 radical (unpaired) electrons. The van der Waals surface area contributed by atoms with E-state index in [4.69, 9.17) is 9.47 Å². The van der Waals surface area contributed by atoms with Crippen molar-refractivity contribution in [3.8, 4) is 11.5 Å². The predicted octanol–water partition coefficient (Wildman–Crippen LogP) is 4.88. The van der Waals surface area contributed by atoms with Crippen LogP contribution in [-0.4, -0.2) is 30.7 Å². The van der Waals surface area contributed by atoms with E-state index in [1.807, 2.05) is 0 Å². The fraction of sp³-hybridized carbons (Fsp3) is 0.0800. The zero-order chi connectivity index (χ0) is 24.8. The number of aliphatic imine (C=N–C) groups is 1. The number of hydrogen-bond donors (Lipinski definition) is 2. The van der Waals surface area contributed by atoms with Crippen molar-refractivity contribution in [1.29, 1.82) is 0 Å². The quantitative estimate of drug-likeness (QED) is 0.456. The van der Waals surface area contributed by atoms with Gasteiger partial charge in [0.15, 0.2) is 23.3 Å². The first-order valence-electron chi connectivity index (χ1n) is 10.3. The third kappa shape index (κ3) is 6.45. The van der Waals surface area contributed by atoms with Crippen LogP contribution in [0.4, 0.5) is 20.2 Å². The molecule has 4 rings (SSSR count). The van der Waals surface area contributed by atoms with E-state index < -0.39 is 11.7 Å². The van der Waals surface area contributed by atoms with Crippen molar-refractivity contribution < 1.29 is 27.8 Å². The van der Waals surface area contributed by atoms with Crippen LogP contribution in [0.15, 0.2) is 76.6 Å². The highest BCUT2D eigenvalue weighted by atomic mass is 32.2. The number of carbonyl (C=O) groups is 2. The molecular weight excluding hydrogens is 476 g/mol. The molecule has 1 saturated heterocycles. The van der Waals surface area contributed by atoms with Gasteiger partial charge in [-0.05, 0) is 84.1 Å². The summed E-state index contributed by atoms with van der Waals surface area (Å²) < 4.78 is 37.0. The average molecular weight is 496 g/mol. The molecule has 0 aliphatic carbocycles. The summed E-state index contributed by atoms with van der Waals surface area (Å²) in [7, 11) is 1.46. The van der Waals surface area contributed by atoms with E-state index in [9.17, 15) is 18.4 Å². The van der Waals surface area contributed by atoms with E-state index in [1.165, 1.54) is 55.6 Å². The lowest BCUT2D eigenvalue weighted by atomic mass is 10.2.